The van der Waals surface area contributed by atoms with Gasteiger partial charge in [0.15, 0.2) is 5.17 Å². The summed E-state index contributed by atoms with van der Waals surface area (Å²) in [7, 11) is 0. The molecule has 1 amide bonds. The molecule has 186 valence electrons. The number of halogens is 2. The smallest absolute Gasteiger partial charge is 0.264 e. The lowest BCUT2D eigenvalue weighted by Gasteiger charge is -2.13. The minimum atomic E-state index is -0.182. The second-order valence-corrected chi connectivity index (χ2v) is 10.9. The third kappa shape index (κ3) is 6.09. The lowest BCUT2D eigenvalue weighted by molar-refractivity contribution is -0.115. The Bertz CT molecular complexity index is 1510. The Hall–Kier alpha value is -3.07. The molecule has 8 heteroatoms. The number of nitrogens with one attached hydrogen (secondary N) is 1. The third-order valence-electron chi connectivity index (χ3n) is 5.60. The Morgan fingerprint density at radius 1 is 0.946 bits per heavy atom. The average molecular weight is 638 g/mol. The van der Waals surface area contributed by atoms with Crippen LogP contribution in [0.25, 0.3) is 16.8 Å². The molecule has 0 atom stereocenters. The van der Waals surface area contributed by atoms with Crippen LogP contribution in [0.4, 0.5) is 5.69 Å². The van der Waals surface area contributed by atoms with E-state index < -0.39 is 0 Å². The van der Waals surface area contributed by atoms with E-state index in [0.29, 0.717) is 29.0 Å². The van der Waals surface area contributed by atoms with Crippen LogP contribution < -0.4 is 14.8 Å². The molecular formula is C29H22Br2N2O3S. The van der Waals surface area contributed by atoms with Crippen molar-refractivity contribution >= 4 is 77.2 Å². The summed E-state index contributed by atoms with van der Waals surface area (Å²) < 4.78 is 13.2. The van der Waals surface area contributed by atoms with Gasteiger partial charge in [0.25, 0.3) is 5.91 Å². The van der Waals surface area contributed by atoms with E-state index in [1.807, 2.05) is 67.6 Å². The normalized spacial score (nSPS) is 15.4. The second kappa shape index (κ2) is 11.5. The maximum Gasteiger partial charge on any atom is 0.264 e. The molecule has 1 saturated heterocycles. The first-order valence-corrected chi connectivity index (χ1v) is 14.0. The number of hydrogen-bond acceptors (Lipinski definition) is 5. The molecule has 0 bridgehead atoms. The van der Waals surface area contributed by atoms with Crippen LogP contribution in [0.5, 0.6) is 11.5 Å². The number of benzene rings is 4. The quantitative estimate of drug-likeness (QED) is 0.207. The van der Waals surface area contributed by atoms with Gasteiger partial charge in [-0.2, -0.15) is 0 Å². The highest BCUT2D eigenvalue weighted by molar-refractivity contribution is 9.11. The van der Waals surface area contributed by atoms with Gasteiger partial charge in [-0.1, -0.05) is 42.5 Å². The number of carbonyl (C=O) groups is 1. The Labute approximate surface area is 236 Å². The molecule has 0 spiro atoms. The van der Waals surface area contributed by atoms with Gasteiger partial charge in [-0.05, 0) is 115 Å². The van der Waals surface area contributed by atoms with Crippen molar-refractivity contribution in [2.45, 2.75) is 13.5 Å². The standard InChI is InChI=1S/C29H22Br2N2O3S/c1-2-35-22-12-10-21(11-13-22)32-29-33-28(34)26(37-29)16-18-14-24(30)27(25(31)15-18)36-17-20-8-5-7-19-6-3-4-9-23(19)20/h3-16H,2,17H2,1H3,(H,32,33,34)/b26-16+. The molecular weight excluding hydrogens is 616 g/mol. The van der Waals surface area contributed by atoms with E-state index in [0.717, 1.165) is 31.5 Å². The van der Waals surface area contributed by atoms with E-state index in [4.69, 9.17) is 9.47 Å². The fourth-order valence-corrected chi connectivity index (χ4v) is 6.19. The topological polar surface area (TPSA) is 59.9 Å². The molecule has 1 fully saturated rings. The van der Waals surface area contributed by atoms with Crippen LogP contribution in [0.3, 0.4) is 0 Å². The van der Waals surface area contributed by atoms with Gasteiger partial charge in [-0.25, -0.2) is 4.99 Å². The SMILES string of the molecule is CCOc1ccc(N=C2NC(=O)/C(=C\c3cc(Br)c(OCc4cccc5ccccc45)c(Br)c3)S2)cc1. The molecule has 1 N–H and O–H groups in total. The van der Waals surface area contributed by atoms with Gasteiger partial charge in [0.05, 0.1) is 26.1 Å². The number of carbonyl (C=O) groups excluding carboxylic acids is 1. The van der Waals surface area contributed by atoms with Gasteiger partial charge >= 0.3 is 0 Å². The van der Waals surface area contributed by atoms with Crippen LogP contribution in [0, 0.1) is 0 Å². The summed E-state index contributed by atoms with van der Waals surface area (Å²) in [4.78, 5) is 17.7. The summed E-state index contributed by atoms with van der Waals surface area (Å²) in [6.45, 7) is 2.98. The largest absolute Gasteiger partial charge is 0.494 e. The first kappa shape index (κ1) is 25.6. The van der Waals surface area contributed by atoms with Crippen molar-refractivity contribution in [2.24, 2.45) is 4.99 Å². The van der Waals surface area contributed by atoms with Crippen molar-refractivity contribution in [1.82, 2.24) is 5.32 Å². The molecule has 0 aliphatic carbocycles. The average Bonchev–Trinajstić information content (AvgIpc) is 3.23. The van der Waals surface area contributed by atoms with Gasteiger partial charge in [0, 0.05) is 0 Å². The number of amides is 1. The van der Waals surface area contributed by atoms with E-state index in [2.05, 4.69) is 66.4 Å². The van der Waals surface area contributed by atoms with Gasteiger partial charge in [0.1, 0.15) is 18.1 Å². The van der Waals surface area contributed by atoms with Crippen LogP contribution in [-0.4, -0.2) is 17.7 Å². The van der Waals surface area contributed by atoms with Crippen molar-refractivity contribution in [3.63, 3.8) is 0 Å². The first-order chi connectivity index (χ1) is 18.0. The van der Waals surface area contributed by atoms with Crippen LogP contribution in [0.15, 0.2) is 97.7 Å². The van der Waals surface area contributed by atoms with Crippen LogP contribution in [-0.2, 0) is 11.4 Å². The summed E-state index contributed by atoms with van der Waals surface area (Å²) in [6.07, 6.45) is 1.84. The zero-order valence-electron chi connectivity index (χ0n) is 19.8. The Morgan fingerprint density at radius 3 is 2.43 bits per heavy atom. The van der Waals surface area contributed by atoms with Crippen molar-refractivity contribution in [3.05, 3.63) is 104 Å². The first-order valence-electron chi connectivity index (χ1n) is 11.6. The fourth-order valence-electron chi connectivity index (χ4n) is 3.90. The molecule has 1 aliphatic rings. The number of hydrogen-bond donors (Lipinski definition) is 1. The number of fused-ring (bicyclic) bond motifs is 1. The number of rotatable bonds is 7. The summed E-state index contributed by atoms with van der Waals surface area (Å²) in [5.74, 6) is 1.31. The molecule has 5 rings (SSSR count). The maximum atomic E-state index is 12.6. The van der Waals surface area contributed by atoms with Gasteiger partial charge in [-0.3, -0.25) is 4.79 Å². The number of thioether (sulfide) groups is 1. The number of nitrogens with zero attached hydrogens (tertiary/aromatic N) is 1. The van der Waals surface area contributed by atoms with Crippen molar-refractivity contribution in [1.29, 1.82) is 0 Å². The number of ether oxygens (including phenoxy) is 2. The molecule has 4 aromatic rings. The van der Waals surface area contributed by atoms with Gasteiger partial charge in [0.2, 0.25) is 0 Å². The van der Waals surface area contributed by atoms with Crippen molar-refractivity contribution < 1.29 is 14.3 Å². The summed E-state index contributed by atoms with van der Waals surface area (Å²) >= 11 is 8.57. The lowest BCUT2D eigenvalue weighted by atomic mass is 10.1. The highest BCUT2D eigenvalue weighted by Crippen LogP contribution is 2.37. The van der Waals surface area contributed by atoms with Gasteiger partial charge in [-0.15, -0.1) is 0 Å². The molecule has 1 heterocycles. The Balaban J connectivity index is 1.31. The second-order valence-electron chi connectivity index (χ2n) is 8.15. The highest BCUT2D eigenvalue weighted by Gasteiger charge is 2.24. The minimum absolute atomic E-state index is 0.182. The fraction of sp³-hybridized carbons (Fsp3) is 0.103. The molecule has 0 aromatic heterocycles. The van der Waals surface area contributed by atoms with E-state index in [-0.39, 0.29) is 5.91 Å². The highest BCUT2D eigenvalue weighted by atomic mass is 79.9. The van der Waals surface area contributed by atoms with Crippen LogP contribution in [0.1, 0.15) is 18.1 Å². The predicted octanol–water partition coefficient (Wildman–Crippen LogP) is 8.23. The number of aliphatic imine (C=N–C) groups is 1. The zero-order valence-corrected chi connectivity index (χ0v) is 23.8. The molecule has 0 saturated carbocycles. The molecule has 37 heavy (non-hydrogen) atoms. The summed E-state index contributed by atoms with van der Waals surface area (Å²) in [6, 6.07) is 25.8. The minimum Gasteiger partial charge on any atom is -0.494 e. The van der Waals surface area contributed by atoms with Crippen LogP contribution in [0.2, 0.25) is 0 Å². The van der Waals surface area contributed by atoms with E-state index in [9.17, 15) is 4.79 Å². The summed E-state index contributed by atoms with van der Waals surface area (Å²) in [5.41, 5.74) is 2.71. The molecule has 1 aliphatic heterocycles. The van der Waals surface area contributed by atoms with Crippen molar-refractivity contribution in [2.75, 3.05) is 6.61 Å². The Kier molecular flexibility index (Phi) is 7.98. The van der Waals surface area contributed by atoms with E-state index >= 15 is 0 Å². The van der Waals surface area contributed by atoms with Crippen LogP contribution >= 0.6 is 43.6 Å². The van der Waals surface area contributed by atoms with E-state index in [1.54, 1.807) is 0 Å². The predicted molar refractivity (Wildman–Crippen MR) is 159 cm³/mol. The maximum absolute atomic E-state index is 12.6. The monoisotopic (exact) mass is 636 g/mol. The number of amidine groups is 1. The zero-order chi connectivity index (χ0) is 25.8. The van der Waals surface area contributed by atoms with Gasteiger partial charge < -0.3 is 14.8 Å². The lowest BCUT2D eigenvalue weighted by Crippen LogP contribution is -2.19. The third-order valence-corrected chi connectivity index (χ3v) is 7.69. The van der Waals surface area contributed by atoms with E-state index in [1.165, 1.54) is 22.5 Å². The summed E-state index contributed by atoms with van der Waals surface area (Å²) in [5, 5.41) is 5.72. The van der Waals surface area contributed by atoms with Crippen molar-refractivity contribution in [3.8, 4) is 11.5 Å². The molecule has 0 radical (unpaired) electrons. The molecule has 5 nitrogen and oxygen atoms in total. The Morgan fingerprint density at radius 2 is 1.68 bits per heavy atom. The molecule has 4 aromatic carbocycles. The molecule has 0 unspecified atom stereocenters.